The number of rotatable bonds is 6. The molecule has 0 saturated heterocycles. The number of aryl methyl sites for hydroxylation is 1. The molecular formula is C19H24N3O2+. The van der Waals surface area contributed by atoms with E-state index in [9.17, 15) is 9.59 Å². The lowest BCUT2D eigenvalue weighted by molar-refractivity contribution is -0.885. The fourth-order valence-corrected chi connectivity index (χ4v) is 2.41. The van der Waals surface area contributed by atoms with Gasteiger partial charge < -0.3 is 4.90 Å². The van der Waals surface area contributed by atoms with E-state index in [-0.39, 0.29) is 18.4 Å². The Kier molecular flexibility index (Phi) is 6.51. The van der Waals surface area contributed by atoms with E-state index in [0.29, 0.717) is 5.56 Å². The van der Waals surface area contributed by atoms with Crippen molar-refractivity contribution in [2.45, 2.75) is 19.9 Å². The van der Waals surface area contributed by atoms with Crippen molar-refractivity contribution in [3.05, 3.63) is 71.3 Å². The second-order valence-electron chi connectivity index (χ2n) is 5.85. The number of hydrogen-bond acceptors (Lipinski definition) is 2. The van der Waals surface area contributed by atoms with E-state index in [0.717, 1.165) is 17.9 Å². The van der Waals surface area contributed by atoms with Crippen LogP contribution in [-0.2, 0) is 17.8 Å². The molecule has 1 unspecified atom stereocenters. The van der Waals surface area contributed by atoms with E-state index in [1.165, 1.54) is 11.1 Å². The van der Waals surface area contributed by atoms with Gasteiger partial charge in [0.25, 0.3) is 11.8 Å². The molecule has 0 aliphatic carbocycles. The lowest BCUT2D eigenvalue weighted by Crippen LogP contribution is -3.09. The van der Waals surface area contributed by atoms with E-state index in [1.807, 2.05) is 13.1 Å². The molecule has 2 rings (SSSR count). The second kappa shape index (κ2) is 8.84. The van der Waals surface area contributed by atoms with Crippen LogP contribution in [0, 0.1) is 0 Å². The number of hydrazine groups is 1. The molecule has 5 heteroatoms. The Hall–Kier alpha value is -2.66. The minimum Gasteiger partial charge on any atom is -0.326 e. The van der Waals surface area contributed by atoms with E-state index in [4.69, 9.17) is 0 Å². The summed E-state index contributed by atoms with van der Waals surface area (Å²) in [5.74, 6) is -0.543. The molecule has 0 saturated carbocycles. The average Bonchev–Trinajstić information content (AvgIpc) is 2.61. The first-order valence-corrected chi connectivity index (χ1v) is 8.12. The minimum atomic E-state index is -0.322. The zero-order valence-electron chi connectivity index (χ0n) is 14.1. The van der Waals surface area contributed by atoms with E-state index >= 15 is 0 Å². The molecule has 0 bridgehead atoms. The molecule has 0 fully saturated rings. The fraction of sp³-hybridized carbons (Fsp3) is 0.263. The molecule has 0 heterocycles. The number of benzene rings is 2. The molecule has 0 aliphatic heterocycles. The molecule has 126 valence electrons. The number of nitrogens with one attached hydrogen (secondary N) is 3. The molecular weight excluding hydrogens is 302 g/mol. The number of amides is 2. The van der Waals surface area contributed by atoms with Gasteiger partial charge in [-0.05, 0) is 24.1 Å². The van der Waals surface area contributed by atoms with Crippen LogP contribution in [0.4, 0.5) is 0 Å². The van der Waals surface area contributed by atoms with Crippen LogP contribution >= 0.6 is 0 Å². The van der Waals surface area contributed by atoms with Crippen molar-refractivity contribution in [3.8, 4) is 0 Å². The summed E-state index contributed by atoms with van der Waals surface area (Å²) in [6.45, 7) is 3.16. The van der Waals surface area contributed by atoms with Crippen LogP contribution in [0.2, 0.25) is 0 Å². The number of quaternary nitrogens is 1. The highest BCUT2D eigenvalue weighted by Crippen LogP contribution is 2.03. The van der Waals surface area contributed by atoms with E-state index in [2.05, 4.69) is 42.0 Å². The van der Waals surface area contributed by atoms with E-state index in [1.54, 1.807) is 24.3 Å². The van der Waals surface area contributed by atoms with Crippen molar-refractivity contribution >= 4 is 11.8 Å². The Balaban J connectivity index is 1.75. The van der Waals surface area contributed by atoms with Gasteiger partial charge in [0.15, 0.2) is 6.54 Å². The Bertz CT molecular complexity index is 669. The summed E-state index contributed by atoms with van der Waals surface area (Å²) >= 11 is 0. The van der Waals surface area contributed by atoms with Gasteiger partial charge in [-0.25, -0.2) is 0 Å². The van der Waals surface area contributed by atoms with Gasteiger partial charge in [-0.3, -0.25) is 20.4 Å². The maximum atomic E-state index is 11.9. The molecule has 0 aliphatic rings. The lowest BCUT2D eigenvalue weighted by atomic mass is 10.1. The molecule has 1 atom stereocenters. The fourth-order valence-electron chi connectivity index (χ4n) is 2.41. The molecule has 2 amide bonds. The Labute approximate surface area is 142 Å². The monoisotopic (exact) mass is 326 g/mol. The zero-order chi connectivity index (χ0) is 17.4. The summed E-state index contributed by atoms with van der Waals surface area (Å²) in [5.41, 5.74) is 7.89. The third-order valence-corrected chi connectivity index (χ3v) is 3.75. The van der Waals surface area contributed by atoms with Crippen molar-refractivity contribution in [2.75, 3.05) is 13.6 Å². The molecule has 0 aromatic heterocycles. The van der Waals surface area contributed by atoms with Crippen molar-refractivity contribution < 1.29 is 14.5 Å². The van der Waals surface area contributed by atoms with Crippen LogP contribution in [0.15, 0.2) is 54.6 Å². The highest BCUT2D eigenvalue weighted by Gasteiger charge is 2.12. The van der Waals surface area contributed by atoms with Gasteiger partial charge in [0.05, 0.1) is 7.05 Å². The normalized spacial score (nSPS) is 11.6. The van der Waals surface area contributed by atoms with Crippen LogP contribution in [-0.4, -0.2) is 25.4 Å². The summed E-state index contributed by atoms with van der Waals surface area (Å²) in [6, 6.07) is 17.2. The molecule has 2 aromatic rings. The van der Waals surface area contributed by atoms with Crippen molar-refractivity contribution in [1.29, 1.82) is 0 Å². The molecule has 24 heavy (non-hydrogen) atoms. The maximum Gasteiger partial charge on any atom is 0.293 e. The molecule has 2 aromatic carbocycles. The predicted molar refractivity (Wildman–Crippen MR) is 93.3 cm³/mol. The predicted octanol–water partition coefficient (Wildman–Crippen LogP) is 0.725. The van der Waals surface area contributed by atoms with Crippen molar-refractivity contribution in [3.63, 3.8) is 0 Å². The van der Waals surface area contributed by atoms with Crippen LogP contribution < -0.4 is 15.8 Å². The topological polar surface area (TPSA) is 62.6 Å². The summed E-state index contributed by atoms with van der Waals surface area (Å²) in [7, 11) is 1.95. The average molecular weight is 326 g/mol. The smallest absolute Gasteiger partial charge is 0.293 e. The summed E-state index contributed by atoms with van der Waals surface area (Å²) in [5, 5.41) is 0. The Morgan fingerprint density at radius 3 is 2.17 bits per heavy atom. The SMILES string of the molecule is CCc1ccc(C[NH+](C)CC(=O)NNC(=O)c2ccccc2)cc1. The maximum absolute atomic E-state index is 11.9. The largest absolute Gasteiger partial charge is 0.326 e. The highest BCUT2D eigenvalue weighted by molar-refractivity contribution is 5.95. The number of carbonyl (C=O) groups is 2. The number of likely N-dealkylation sites (N-methyl/N-ethyl adjacent to an activating group) is 1. The minimum absolute atomic E-state index is 0.220. The van der Waals surface area contributed by atoms with Gasteiger partial charge in [0.2, 0.25) is 0 Å². The van der Waals surface area contributed by atoms with Crippen molar-refractivity contribution in [2.24, 2.45) is 0 Å². The third-order valence-electron chi connectivity index (χ3n) is 3.75. The second-order valence-corrected chi connectivity index (χ2v) is 5.85. The lowest BCUT2D eigenvalue weighted by Gasteiger charge is -2.14. The van der Waals surface area contributed by atoms with Gasteiger partial charge in [-0.15, -0.1) is 0 Å². The van der Waals surface area contributed by atoms with Gasteiger partial charge in [0, 0.05) is 11.1 Å². The highest BCUT2D eigenvalue weighted by atomic mass is 16.2. The third kappa shape index (κ3) is 5.52. The van der Waals surface area contributed by atoms with Crippen LogP contribution in [0.25, 0.3) is 0 Å². The van der Waals surface area contributed by atoms with Gasteiger partial charge in [-0.1, -0.05) is 49.4 Å². The molecule has 5 nitrogen and oxygen atoms in total. The molecule has 0 spiro atoms. The Morgan fingerprint density at radius 1 is 0.917 bits per heavy atom. The standard InChI is InChI=1S/C19H23N3O2/c1-3-15-9-11-16(12-10-15)13-22(2)14-18(23)20-21-19(24)17-7-5-4-6-8-17/h4-12H,3,13-14H2,1-2H3,(H,20,23)(H,21,24)/p+1. The van der Waals surface area contributed by atoms with Gasteiger partial charge in [-0.2, -0.15) is 0 Å². The van der Waals surface area contributed by atoms with Gasteiger partial charge in [0.1, 0.15) is 6.54 Å². The summed E-state index contributed by atoms with van der Waals surface area (Å²) in [4.78, 5) is 24.8. The van der Waals surface area contributed by atoms with Crippen molar-refractivity contribution in [1.82, 2.24) is 10.9 Å². The number of carbonyl (C=O) groups excluding carboxylic acids is 2. The number of hydrogen-bond donors (Lipinski definition) is 3. The summed E-state index contributed by atoms with van der Waals surface area (Å²) in [6.07, 6.45) is 1.02. The van der Waals surface area contributed by atoms with Crippen LogP contribution in [0.3, 0.4) is 0 Å². The van der Waals surface area contributed by atoms with Crippen LogP contribution in [0.1, 0.15) is 28.4 Å². The first-order chi connectivity index (χ1) is 11.6. The summed E-state index contributed by atoms with van der Waals surface area (Å²) < 4.78 is 0. The zero-order valence-corrected chi connectivity index (χ0v) is 14.1. The quantitative estimate of drug-likeness (QED) is 0.685. The first kappa shape index (κ1) is 17.7. The van der Waals surface area contributed by atoms with Crippen LogP contribution in [0.5, 0.6) is 0 Å². The molecule has 3 N–H and O–H groups in total. The first-order valence-electron chi connectivity index (χ1n) is 8.12. The molecule has 0 radical (unpaired) electrons. The van der Waals surface area contributed by atoms with Gasteiger partial charge >= 0.3 is 0 Å². The van der Waals surface area contributed by atoms with E-state index < -0.39 is 0 Å². The Morgan fingerprint density at radius 2 is 1.54 bits per heavy atom.